The van der Waals surface area contributed by atoms with Crippen molar-refractivity contribution >= 4 is 23.1 Å². The normalized spacial score (nSPS) is 17.6. The van der Waals surface area contributed by atoms with Gasteiger partial charge in [0.2, 0.25) is 5.91 Å². The minimum Gasteiger partial charge on any atom is -0.366 e. The lowest BCUT2D eigenvalue weighted by Gasteiger charge is -2.38. The highest BCUT2D eigenvalue weighted by molar-refractivity contribution is 6.06. The molecule has 160 valence electrons. The van der Waals surface area contributed by atoms with Gasteiger partial charge in [-0.25, -0.2) is 9.37 Å². The number of halogens is 1. The molecular weight excluding hydrogens is 395 g/mol. The maximum absolute atomic E-state index is 13.1. The van der Waals surface area contributed by atoms with E-state index in [-0.39, 0.29) is 17.8 Å². The topological polar surface area (TPSA) is 66.3 Å². The third-order valence-electron chi connectivity index (χ3n) is 6.08. The molecule has 2 aliphatic rings. The molecule has 1 fully saturated rings. The Bertz CT molecular complexity index is 1130. The molecule has 5 rings (SSSR count). The summed E-state index contributed by atoms with van der Waals surface area (Å²) in [5.41, 5.74) is 4.85. The summed E-state index contributed by atoms with van der Waals surface area (Å²) >= 11 is 0. The van der Waals surface area contributed by atoms with Crippen molar-refractivity contribution in [1.29, 1.82) is 0 Å². The van der Waals surface area contributed by atoms with Crippen LogP contribution in [0.25, 0.3) is 0 Å². The van der Waals surface area contributed by atoms with Gasteiger partial charge in [-0.3, -0.25) is 9.48 Å². The average molecular weight is 420 g/mol. The van der Waals surface area contributed by atoms with Gasteiger partial charge in [-0.1, -0.05) is 12.1 Å². The molecule has 1 unspecified atom stereocenters. The van der Waals surface area contributed by atoms with E-state index in [0.717, 1.165) is 53.4 Å². The molecule has 7 nitrogen and oxygen atoms in total. The Morgan fingerprint density at radius 3 is 2.84 bits per heavy atom. The largest absolute Gasteiger partial charge is 0.366 e. The number of nitrogens with zero attached hydrogens (tertiary/aromatic N) is 5. The second-order valence-corrected chi connectivity index (χ2v) is 8.24. The Morgan fingerprint density at radius 1 is 1.23 bits per heavy atom. The summed E-state index contributed by atoms with van der Waals surface area (Å²) < 4.78 is 14.9. The quantitative estimate of drug-likeness (QED) is 0.686. The first-order valence-corrected chi connectivity index (χ1v) is 10.5. The molecule has 1 amide bonds. The Kier molecular flexibility index (Phi) is 4.84. The van der Waals surface area contributed by atoms with Crippen molar-refractivity contribution in [3.8, 4) is 0 Å². The predicted molar refractivity (Wildman–Crippen MR) is 118 cm³/mol. The molecule has 0 spiro atoms. The number of fused-ring (bicyclic) bond motifs is 3. The molecule has 8 heteroatoms. The summed E-state index contributed by atoms with van der Waals surface area (Å²) in [4.78, 5) is 21.3. The van der Waals surface area contributed by atoms with Crippen LogP contribution in [0.2, 0.25) is 0 Å². The fraction of sp³-hybridized carbons (Fsp3) is 0.348. The standard InChI is InChI=1S/C23H25FN6O/c1-15-22-20(30-9-3-4-19(30)23(31)28(22)2)10-21(27-15)25-11-17-12-26-29(14-17)13-16-5-7-18(24)8-6-16/h5-8,10,12,14,19H,3-4,9,11,13H2,1-2H3,(H,25,27). The molecule has 1 aromatic carbocycles. The summed E-state index contributed by atoms with van der Waals surface area (Å²) in [6, 6.07) is 8.44. The Balaban J connectivity index is 1.31. The van der Waals surface area contributed by atoms with Crippen LogP contribution in [0.1, 0.15) is 29.7 Å². The van der Waals surface area contributed by atoms with Crippen molar-refractivity contribution in [2.75, 3.05) is 28.7 Å². The van der Waals surface area contributed by atoms with E-state index in [4.69, 9.17) is 0 Å². The molecule has 3 aromatic rings. The van der Waals surface area contributed by atoms with E-state index >= 15 is 0 Å². The summed E-state index contributed by atoms with van der Waals surface area (Å²) in [5.74, 6) is 0.706. The van der Waals surface area contributed by atoms with Gasteiger partial charge < -0.3 is 15.1 Å². The van der Waals surface area contributed by atoms with Crippen molar-refractivity contribution in [2.45, 2.75) is 38.9 Å². The molecule has 1 atom stereocenters. The van der Waals surface area contributed by atoms with Crippen molar-refractivity contribution in [2.24, 2.45) is 0 Å². The minimum absolute atomic E-state index is 0.0585. The molecule has 0 radical (unpaired) electrons. The number of rotatable bonds is 5. The zero-order valence-corrected chi connectivity index (χ0v) is 17.7. The predicted octanol–water partition coefficient (Wildman–Crippen LogP) is 3.33. The van der Waals surface area contributed by atoms with Gasteiger partial charge in [-0.15, -0.1) is 0 Å². The third kappa shape index (κ3) is 3.62. The Labute approximate surface area is 180 Å². The summed E-state index contributed by atoms with van der Waals surface area (Å²) in [6.07, 6.45) is 5.73. The van der Waals surface area contributed by atoms with Gasteiger partial charge in [0.1, 0.15) is 17.7 Å². The van der Waals surface area contributed by atoms with E-state index < -0.39 is 0 Å². The molecule has 0 saturated carbocycles. The van der Waals surface area contributed by atoms with E-state index in [2.05, 4.69) is 20.3 Å². The van der Waals surface area contributed by atoms with Gasteiger partial charge in [-0.2, -0.15) is 5.10 Å². The van der Waals surface area contributed by atoms with Crippen LogP contribution in [0.5, 0.6) is 0 Å². The number of carbonyl (C=O) groups excluding carboxylic acids is 1. The fourth-order valence-corrected chi connectivity index (χ4v) is 4.57. The molecule has 2 aromatic heterocycles. The van der Waals surface area contributed by atoms with Crippen LogP contribution in [0.15, 0.2) is 42.7 Å². The van der Waals surface area contributed by atoms with Crippen LogP contribution in [-0.2, 0) is 17.9 Å². The van der Waals surface area contributed by atoms with Crippen molar-refractivity contribution < 1.29 is 9.18 Å². The lowest BCUT2D eigenvalue weighted by atomic mass is 10.1. The number of hydrogen-bond donors (Lipinski definition) is 1. The monoisotopic (exact) mass is 420 g/mol. The highest BCUT2D eigenvalue weighted by atomic mass is 19.1. The van der Waals surface area contributed by atoms with Crippen molar-refractivity contribution in [3.63, 3.8) is 0 Å². The molecule has 0 aliphatic carbocycles. The second-order valence-electron chi connectivity index (χ2n) is 8.24. The SMILES string of the molecule is Cc1nc(NCc2cnn(Cc3ccc(F)cc3)c2)cc2c1N(C)C(=O)C1CCCN21. The van der Waals surface area contributed by atoms with Gasteiger partial charge in [0.25, 0.3) is 0 Å². The van der Waals surface area contributed by atoms with Gasteiger partial charge in [0.15, 0.2) is 0 Å². The van der Waals surface area contributed by atoms with Crippen LogP contribution in [0, 0.1) is 12.7 Å². The molecule has 1 N–H and O–H groups in total. The summed E-state index contributed by atoms with van der Waals surface area (Å²) in [5, 5.41) is 7.80. The number of hydrogen-bond acceptors (Lipinski definition) is 5. The number of nitrogens with one attached hydrogen (secondary N) is 1. The van der Waals surface area contributed by atoms with E-state index in [1.165, 1.54) is 12.1 Å². The van der Waals surface area contributed by atoms with E-state index in [1.54, 1.807) is 17.0 Å². The van der Waals surface area contributed by atoms with E-state index in [1.807, 2.05) is 37.1 Å². The Morgan fingerprint density at radius 2 is 2.03 bits per heavy atom. The maximum atomic E-state index is 13.1. The zero-order chi connectivity index (χ0) is 21.5. The van der Waals surface area contributed by atoms with Gasteiger partial charge in [0, 0.05) is 38.0 Å². The van der Waals surface area contributed by atoms with E-state index in [0.29, 0.717) is 13.1 Å². The number of aromatic nitrogens is 3. The van der Waals surface area contributed by atoms with Crippen LogP contribution in [0.3, 0.4) is 0 Å². The molecular formula is C23H25FN6O. The number of pyridine rings is 1. The Hall–Kier alpha value is -3.42. The first kappa shape index (κ1) is 19.5. The molecule has 2 aliphatic heterocycles. The summed E-state index contributed by atoms with van der Waals surface area (Å²) in [7, 11) is 1.84. The minimum atomic E-state index is -0.238. The first-order chi connectivity index (χ1) is 15.0. The highest BCUT2D eigenvalue weighted by Crippen LogP contribution is 2.42. The molecule has 0 bridgehead atoms. The van der Waals surface area contributed by atoms with Crippen molar-refractivity contribution in [3.05, 3.63) is 65.4 Å². The third-order valence-corrected chi connectivity index (χ3v) is 6.08. The molecule has 31 heavy (non-hydrogen) atoms. The average Bonchev–Trinajstić information content (AvgIpc) is 3.42. The summed E-state index contributed by atoms with van der Waals surface area (Å²) in [6.45, 7) is 4.03. The molecule has 1 saturated heterocycles. The fourth-order valence-electron chi connectivity index (χ4n) is 4.57. The number of aryl methyl sites for hydroxylation is 1. The highest BCUT2D eigenvalue weighted by Gasteiger charge is 2.40. The van der Waals surface area contributed by atoms with Gasteiger partial charge in [-0.05, 0) is 37.5 Å². The number of benzene rings is 1. The lowest BCUT2D eigenvalue weighted by molar-refractivity contribution is -0.119. The number of amides is 1. The first-order valence-electron chi connectivity index (χ1n) is 10.5. The number of carbonyl (C=O) groups is 1. The lowest BCUT2D eigenvalue weighted by Crippen LogP contribution is -2.49. The maximum Gasteiger partial charge on any atom is 0.249 e. The second kappa shape index (κ2) is 7.68. The zero-order valence-electron chi connectivity index (χ0n) is 17.7. The van der Waals surface area contributed by atoms with Gasteiger partial charge in [0.05, 0.1) is 29.8 Å². The van der Waals surface area contributed by atoms with Gasteiger partial charge >= 0.3 is 0 Å². The number of likely N-dealkylation sites (N-methyl/N-ethyl adjacent to an activating group) is 1. The van der Waals surface area contributed by atoms with Crippen molar-refractivity contribution in [1.82, 2.24) is 14.8 Å². The smallest absolute Gasteiger partial charge is 0.249 e. The number of anilines is 3. The molecule has 4 heterocycles. The van der Waals surface area contributed by atoms with Crippen LogP contribution in [-0.4, -0.2) is 40.3 Å². The van der Waals surface area contributed by atoms with Crippen LogP contribution < -0.4 is 15.1 Å². The van der Waals surface area contributed by atoms with Crippen LogP contribution >= 0.6 is 0 Å². The van der Waals surface area contributed by atoms with E-state index in [9.17, 15) is 9.18 Å². The van der Waals surface area contributed by atoms with Crippen LogP contribution in [0.4, 0.5) is 21.6 Å².